The highest BCUT2D eigenvalue weighted by Gasteiger charge is 2.28. The molecule has 114 valence electrons. The van der Waals surface area contributed by atoms with Crippen molar-refractivity contribution in [1.82, 2.24) is 4.90 Å². The Morgan fingerprint density at radius 3 is 1.68 bits per heavy atom. The van der Waals surface area contributed by atoms with Gasteiger partial charge in [0.1, 0.15) is 0 Å². The molecule has 0 saturated carbocycles. The summed E-state index contributed by atoms with van der Waals surface area (Å²) < 4.78 is 0. The van der Waals surface area contributed by atoms with Gasteiger partial charge in [0, 0.05) is 17.9 Å². The lowest BCUT2D eigenvalue weighted by Crippen LogP contribution is -2.59. The maximum Gasteiger partial charge on any atom is 0.182 e. The van der Waals surface area contributed by atoms with Gasteiger partial charge in [0.15, 0.2) is 5.11 Å². The Bertz CT molecular complexity index is 569. The Morgan fingerprint density at radius 1 is 0.818 bits per heavy atom. The number of para-hydroxylation sites is 2. The summed E-state index contributed by atoms with van der Waals surface area (Å²) in [4.78, 5) is 6.37. The van der Waals surface area contributed by atoms with Crippen LogP contribution in [0.4, 0.5) is 11.4 Å². The van der Waals surface area contributed by atoms with E-state index in [-0.39, 0.29) is 6.61 Å². The van der Waals surface area contributed by atoms with Crippen molar-refractivity contribution in [3.63, 3.8) is 0 Å². The molecular formula is C17H19N3OS. The summed E-state index contributed by atoms with van der Waals surface area (Å²) in [6, 6.07) is 20.2. The summed E-state index contributed by atoms with van der Waals surface area (Å²) in [5, 5.41) is 10.1. The predicted molar refractivity (Wildman–Crippen MR) is 94.0 cm³/mol. The van der Waals surface area contributed by atoms with Crippen molar-refractivity contribution < 1.29 is 5.11 Å². The number of β-amino-alcohol motifs (C(OH)–C–C–N with tert-alkyl or cyclic N) is 1. The van der Waals surface area contributed by atoms with E-state index in [2.05, 4.69) is 39.0 Å². The van der Waals surface area contributed by atoms with E-state index >= 15 is 0 Å². The summed E-state index contributed by atoms with van der Waals surface area (Å²) in [6.45, 7) is 2.13. The molecule has 0 aromatic heterocycles. The van der Waals surface area contributed by atoms with Gasteiger partial charge < -0.3 is 14.9 Å². The lowest BCUT2D eigenvalue weighted by Gasteiger charge is -2.44. The quantitative estimate of drug-likeness (QED) is 0.876. The minimum absolute atomic E-state index is 0.137. The molecule has 1 aliphatic heterocycles. The number of benzene rings is 2. The molecule has 0 amide bonds. The number of hydrogen-bond donors (Lipinski definition) is 1. The van der Waals surface area contributed by atoms with Crippen LogP contribution in [0.25, 0.3) is 0 Å². The summed E-state index contributed by atoms with van der Waals surface area (Å²) in [7, 11) is 0. The minimum atomic E-state index is 0.137. The average molecular weight is 313 g/mol. The molecule has 1 aliphatic rings. The zero-order chi connectivity index (χ0) is 15.4. The molecule has 1 fully saturated rings. The third-order valence-electron chi connectivity index (χ3n) is 3.70. The maximum absolute atomic E-state index is 9.29. The van der Waals surface area contributed by atoms with Gasteiger partial charge in [-0.3, -0.25) is 4.90 Å². The van der Waals surface area contributed by atoms with E-state index in [4.69, 9.17) is 12.2 Å². The molecule has 22 heavy (non-hydrogen) atoms. The summed E-state index contributed by atoms with van der Waals surface area (Å²) in [6.07, 6.45) is 0. The smallest absolute Gasteiger partial charge is 0.182 e. The third-order valence-corrected chi connectivity index (χ3v) is 4.14. The second-order valence-electron chi connectivity index (χ2n) is 5.21. The number of aliphatic hydroxyl groups excluding tert-OH is 1. The monoisotopic (exact) mass is 313 g/mol. The van der Waals surface area contributed by atoms with E-state index in [0.717, 1.165) is 16.5 Å². The minimum Gasteiger partial charge on any atom is -0.395 e. The SMILES string of the molecule is OCCN1CN(c2ccccc2)C(=S)N(c2ccccc2)C1. The van der Waals surface area contributed by atoms with E-state index in [1.807, 2.05) is 36.4 Å². The van der Waals surface area contributed by atoms with Crippen molar-refractivity contribution in [2.24, 2.45) is 0 Å². The molecule has 1 saturated heterocycles. The first-order valence-corrected chi connectivity index (χ1v) is 7.73. The Morgan fingerprint density at radius 2 is 1.27 bits per heavy atom. The molecule has 5 heteroatoms. The fraction of sp³-hybridized carbons (Fsp3) is 0.235. The van der Waals surface area contributed by atoms with Gasteiger partial charge in [-0.05, 0) is 36.5 Å². The summed E-state index contributed by atoms with van der Waals surface area (Å²) >= 11 is 5.71. The van der Waals surface area contributed by atoms with Crippen molar-refractivity contribution in [3.8, 4) is 0 Å². The number of anilines is 2. The van der Waals surface area contributed by atoms with Crippen molar-refractivity contribution in [3.05, 3.63) is 60.7 Å². The predicted octanol–water partition coefficient (Wildman–Crippen LogP) is 2.51. The van der Waals surface area contributed by atoms with E-state index in [1.54, 1.807) is 0 Å². The van der Waals surface area contributed by atoms with Gasteiger partial charge in [-0.2, -0.15) is 0 Å². The lowest BCUT2D eigenvalue weighted by molar-refractivity contribution is 0.197. The zero-order valence-corrected chi connectivity index (χ0v) is 13.1. The Hall–Kier alpha value is -1.95. The number of aliphatic hydroxyl groups is 1. The molecule has 4 nitrogen and oxygen atoms in total. The number of hydrogen-bond acceptors (Lipinski definition) is 3. The normalized spacial score (nSPS) is 16.1. The largest absolute Gasteiger partial charge is 0.395 e. The van der Waals surface area contributed by atoms with Gasteiger partial charge >= 0.3 is 0 Å². The molecular weight excluding hydrogens is 294 g/mol. The van der Waals surface area contributed by atoms with Gasteiger partial charge in [-0.15, -0.1) is 0 Å². The van der Waals surface area contributed by atoms with Crippen LogP contribution >= 0.6 is 12.2 Å². The molecule has 1 heterocycles. The summed E-state index contributed by atoms with van der Waals surface area (Å²) in [5.74, 6) is 0. The first-order chi connectivity index (χ1) is 10.8. The van der Waals surface area contributed by atoms with Crippen LogP contribution in [0.1, 0.15) is 0 Å². The van der Waals surface area contributed by atoms with Crippen LogP contribution in [-0.4, -0.2) is 41.6 Å². The van der Waals surface area contributed by atoms with Gasteiger partial charge in [-0.1, -0.05) is 36.4 Å². The van der Waals surface area contributed by atoms with Crippen LogP contribution in [0.15, 0.2) is 60.7 Å². The highest BCUT2D eigenvalue weighted by atomic mass is 32.1. The molecule has 0 spiro atoms. The standard InChI is InChI=1S/C17H19N3OS/c21-12-11-18-13-19(15-7-3-1-4-8-15)17(22)20(14-18)16-9-5-2-6-10-16/h1-10,21H,11-14H2. The molecule has 0 aliphatic carbocycles. The zero-order valence-electron chi connectivity index (χ0n) is 12.3. The molecule has 3 rings (SSSR count). The Labute approximate surface area is 136 Å². The van der Waals surface area contributed by atoms with E-state index in [1.165, 1.54) is 0 Å². The van der Waals surface area contributed by atoms with Crippen LogP contribution in [0, 0.1) is 0 Å². The van der Waals surface area contributed by atoms with Crippen LogP contribution in [0.5, 0.6) is 0 Å². The van der Waals surface area contributed by atoms with Crippen LogP contribution in [0.2, 0.25) is 0 Å². The van der Waals surface area contributed by atoms with Crippen LogP contribution in [0.3, 0.4) is 0 Å². The molecule has 0 unspecified atom stereocenters. The van der Waals surface area contributed by atoms with Gasteiger partial charge in [0.25, 0.3) is 0 Å². The van der Waals surface area contributed by atoms with Gasteiger partial charge in [0.05, 0.1) is 19.9 Å². The lowest BCUT2D eigenvalue weighted by atomic mass is 10.2. The highest BCUT2D eigenvalue weighted by Crippen LogP contribution is 2.24. The fourth-order valence-electron chi connectivity index (χ4n) is 2.59. The molecule has 0 radical (unpaired) electrons. The van der Waals surface area contributed by atoms with E-state index in [9.17, 15) is 5.11 Å². The molecule has 0 atom stereocenters. The average Bonchev–Trinajstić information content (AvgIpc) is 2.58. The number of thiocarbonyl (C=S) groups is 1. The molecule has 1 N–H and O–H groups in total. The van der Waals surface area contributed by atoms with Crippen LogP contribution in [-0.2, 0) is 0 Å². The van der Waals surface area contributed by atoms with Crippen molar-refractivity contribution >= 4 is 28.7 Å². The molecule has 0 bridgehead atoms. The number of nitrogens with zero attached hydrogens (tertiary/aromatic N) is 3. The van der Waals surface area contributed by atoms with Crippen LogP contribution < -0.4 is 9.80 Å². The Balaban J connectivity index is 1.92. The topological polar surface area (TPSA) is 30.0 Å². The maximum atomic E-state index is 9.29. The second-order valence-corrected chi connectivity index (χ2v) is 5.58. The Kier molecular flexibility index (Phi) is 4.68. The first kappa shape index (κ1) is 15.0. The molecule has 2 aromatic rings. The first-order valence-electron chi connectivity index (χ1n) is 7.32. The second kappa shape index (κ2) is 6.87. The van der Waals surface area contributed by atoms with E-state index in [0.29, 0.717) is 19.9 Å². The van der Waals surface area contributed by atoms with E-state index < -0.39 is 0 Å². The highest BCUT2D eigenvalue weighted by molar-refractivity contribution is 7.80. The van der Waals surface area contributed by atoms with Crippen molar-refractivity contribution in [1.29, 1.82) is 0 Å². The summed E-state index contributed by atoms with van der Waals surface area (Å²) in [5.41, 5.74) is 2.13. The van der Waals surface area contributed by atoms with Crippen molar-refractivity contribution in [2.75, 3.05) is 36.3 Å². The van der Waals surface area contributed by atoms with Crippen molar-refractivity contribution in [2.45, 2.75) is 0 Å². The third kappa shape index (κ3) is 3.11. The fourth-order valence-corrected chi connectivity index (χ4v) is 2.92. The van der Waals surface area contributed by atoms with Gasteiger partial charge in [-0.25, -0.2) is 0 Å². The van der Waals surface area contributed by atoms with Gasteiger partial charge in [0.2, 0.25) is 0 Å². The number of rotatable bonds is 4. The molecule has 2 aromatic carbocycles.